The molecule has 0 aromatic heterocycles. The summed E-state index contributed by atoms with van der Waals surface area (Å²) in [5.74, 6) is 1.65. The highest BCUT2D eigenvalue weighted by Gasteiger charge is 2.16. The molecular weight excluding hydrogens is 256 g/mol. The van der Waals surface area contributed by atoms with Crippen LogP contribution >= 0.6 is 0 Å². The molecule has 0 radical (unpaired) electrons. The number of nitrogens with one attached hydrogen (secondary N) is 1. The van der Waals surface area contributed by atoms with E-state index in [0.29, 0.717) is 0 Å². The third-order valence-electron chi connectivity index (χ3n) is 4.51. The molecule has 1 aromatic carbocycles. The summed E-state index contributed by atoms with van der Waals surface area (Å²) < 4.78 is 0. The molecule has 0 saturated carbocycles. The van der Waals surface area contributed by atoms with Crippen LogP contribution < -0.4 is 5.32 Å². The van der Waals surface area contributed by atoms with Crippen molar-refractivity contribution in [1.82, 2.24) is 10.2 Å². The number of likely N-dealkylation sites (tertiary alicyclic amines) is 1. The second-order valence-electron chi connectivity index (χ2n) is 7.08. The van der Waals surface area contributed by atoms with E-state index in [1.54, 1.807) is 0 Å². The molecule has 2 heteroatoms. The molecule has 1 aliphatic heterocycles. The summed E-state index contributed by atoms with van der Waals surface area (Å²) in [7, 11) is 0. The van der Waals surface area contributed by atoms with Crippen molar-refractivity contribution in [3.63, 3.8) is 0 Å². The number of hydrogen-bond donors (Lipinski definition) is 1. The molecular formula is C19H32N2. The molecule has 0 spiro atoms. The zero-order chi connectivity index (χ0) is 15.1. The Kier molecular flexibility index (Phi) is 6.72. The number of benzene rings is 1. The van der Waals surface area contributed by atoms with Gasteiger partial charge in [0.25, 0.3) is 0 Å². The van der Waals surface area contributed by atoms with Gasteiger partial charge in [0, 0.05) is 6.54 Å². The fourth-order valence-corrected chi connectivity index (χ4v) is 3.03. The van der Waals surface area contributed by atoms with Crippen LogP contribution in [0.25, 0.3) is 0 Å². The highest BCUT2D eigenvalue weighted by atomic mass is 15.1. The van der Waals surface area contributed by atoms with E-state index in [-0.39, 0.29) is 0 Å². The number of rotatable bonds is 7. The van der Waals surface area contributed by atoms with Crippen molar-refractivity contribution in [3.8, 4) is 0 Å². The monoisotopic (exact) mass is 288 g/mol. The molecule has 0 amide bonds. The van der Waals surface area contributed by atoms with Crippen LogP contribution in [0.15, 0.2) is 24.3 Å². The lowest BCUT2D eigenvalue weighted by molar-refractivity contribution is 0.185. The van der Waals surface area contributed by atoms with Crippen molar-refractivity contribution < 1.29 is 0 Å². The number of piperidine rings is 1. The smallest absolute Gasteiger partial charge is 0.0236 e. The predicted octanol–water partition coefficient (Wildman–Crippen LogP) is 3.71. The van der Waals surface area contributed by atoms with Crippen LogP contribution in [0.3, 0.4) is 0 Å². The molecule has 118 valence electrons. The highest BCUT2D eigenvalue weighted by molar-refractivity contribution is 5.27. The Labute approximate surface area is 130 Å². The Balaban J connectivity index is 1.84. The minimum atomic E-state index is 0.732. The van der Waals surface area contributed by atoms with E-state index >= 15 is 0 Å². The molecule has 0 aliphatic carbocycles. The number of nitrogens with zero attached hydrogens (tertiary/aromatic N) is 1. The summed E-state index contributed by atoms with van der Waals surface area (Å²) in [6, 6.07) is 8.99. The van der Waals surface area contributed by atoms with Gasteiger partial charge in [0.2, 0.25) is 0 Å². The molecule has 0 unspecified atom stereocenters. The fourth-order valence-electron chi connectivity index (χ4n) is 3.03. The molecule has 1 fully saturated rings. The molecule has 1 N–H and O–H groups in total. The van der Waals surface area contributed by atoms with Gasteiger partial charge in [-0.2, -0.15) is 0 Å². The third kappa shape index (κ3) is 5.80. The van der Waals surface area contributed by atoms with E-state index in [4.69, 9.17) is 0 Å². The minimum Gasteiger partial charge on any atom is -0.316 e. The molecule has 0 atom stereocenters. The second kappa shape index (κ2) is 8.55. The largest absolute Gasteiger partial charge is 0.316 e. The van der Waals surface area contributed by atoms with Crippen LogP contribution in [0.1, 0.15) is 44.7 Å². The molecule has 1 heterocycles. The molecule has 1 saturated heterocycles. The van der Waals surface area contributed by atoms with Crippen LogP contribution in [0.5, 0.6) is 0 Å². The zero-order valence-corrected chi connectivity index (χ0v) is 14.1. The Hall–Kier alpha value is -0.860. The molecule has 1 aromatic rings. The average molecular weight is 288 g/mol. The van der Waals surface area contributed by atoms with Gasteiger partial charge in [0.05, 0.1) is 0 Å². The van der Waals surface area contributed by atoms with Gasteiger partial charge in [-0.15, -0.1) is 0 Å². The maximum atomic E-state index is 3.56. The Morgan fingerprint density at radius 3 is 2.48 bits per heavy atom. The van der Waals surface area contributed by atoms with Gasteiger partial charge >= 0.3 is 0 Å². The van der Waals surface area contributed by atoms with E-state index in [2.05, 4.69) is 55.3 Å². The molecule has 0 bridgehead atoms. The van der Waals surface area contributed by atoms with Gasteiger partial charge in [-0.25, -0.2) is 0 Å². The fraction of sp³-hybridized carbons (Fsp3) is 0.684. The summed E-state index contributed by atoms with van der Waals surface area (Å²) >= 11 is 0. The quantitative estimate of drug-likeness (QED) is 0.770. The van der Waals surface area contributed by atoms with E-state index in [9.17, 15) is 0 Å². The van der Waals surface area contributed by atoms with Crippen LogP contribution in [0.2, 0.25) is 0 Å². The van der Waals surface area contributed by atoms with Gasteiger partial charge in [0.1, 0.15) is 0 Å². The van der Waals surface area contributed by atoms with Crippen LogP contribution in [-0.2, 0) is 13.0 Å². The van der Waals surface area contributed by atoms with Gasteiger partial charge in [-0.3, -0.25) is 4.90 Å². The number of hydrogen-bond acceptors (Lipinski definition) is 2. The van der Waals surface area contributed by atoms with E-state index < -0.39 is 0 Å². The lowest BCUT2D eigenvalue weighted by Gasteiger charge is -2.30. The Bertz CT molecular complexity index is 406. The Morgan fingerprint density at radius 2 is 1.81 bits per heavy atom. The molecule has 2 nitrogen and oxygen atoms in total. The summed E-state index contributed by atoms with van der Waals surface area (Å²) in [6.45, 7) is 12.8. The van der Waals surface area contributed by atoms with E-state index in [0.717, 1.165) is 37.9 Å². The minimum absolute atomic E-state index is 0.732. The van der Waals surface area contributed by atoms with E-state index in [1.165, 1.54) is 37.1 Å². The van der Waals surface area contributed by atoms with Crippen LogP contribution in [0.4, 0.5) is 0 Å². The van der Waals surface area contributed by atoms with E-state index in [1.807, 2.05) is 0 Å². The molecule has 2 rings (SSSR count). The topological polar surface area (TPSA) is 15.3 Å². The second-order valence-corrected chi connectivity index (χ2v) is 7.08. The van der Waals surface area contributed by atoms with Crippen molar-refractivity contribution in [2.24, 2.45) is 11.8 Å². The maximum absolute atomic E-state index is 3.56. The van der Waals surface area contributed by atoms with Crippen LogP contribution in [0, 0.1) is 11.8 Å². The summed E-state index contributed by atoms with van der Waals surface area (Å²) in [5.41, 5.74) is 3.05. The van der Waals surface area contributed by atoms with Gasteiger partial charge in [-0.05, 0) is 68.4 Å². The summed E-state index contributed by atoms with van der Waals surface area (Å²) in [4.78, 5) is 2.63. The van der Waals surface area contributed by atoms with Crippen molar-refractivity contribution in [3.05, 3.63) is 35.4 Å². The van der Waals surface area contributed by atoms with Gasteiger partial charge in [-0.1, -0.05) is 45.0 Å². The zero-order valence-electron chi connectivity index (χ0n) is 14.1. The first-order chi connectivity index (χ1) is 10.1. The molecule has 21 heavy (non-hydrogen) atoms. The lowest BCUT2D eigenvalue weighted by Crippen LogP contribution is -2.32. The first-order valence-electron chi connectivity index (χ1n) is 8.65. The normalized spacial score (nSPS) is 17.5. The van der Waals surface area contributed by atoms with Crippen molar-refractivity contribution >= 4 is 0 Å². The third-order valence-corrected chi connectivity index (χ3v) is 4.51. The SMILES string of the molecule is CC(C)CNCCc1ccccc1CN1CCC(C)CC1. The summed E-state index contributed by atoms with van der Waals surface area (Å²) in [5, 5.41) is 3.56. The summed E-state index contributed by atoms with van der Waals surface area (Å²) in [6.07, 6.45) is 3.86. The van der Waals surface area contributed by atoms with Gasteiger partial charge in [0.15, 0.2) is 0 Å². The van der Waals surface area contributed by atoms with Gasteiger partial charge < -0.3 is 5.32 Å². The highest BCUT2D eigenvalue weighted by Crippen LogP contribution is 2.19. The maximum Gasteiger partial charge on any atom is 0.0236 e. The van der Waals surface area contributed by atoms with Crippen molar-refractivity contribution in [2.75, 3.05) is 26.2 Å². The van der Waals surface area contributed by atoms with Crippen molar-refractivity contribution in [2.45, 2.75) is 46.6 Å². The standard InChI is InChI=1S/C19H32N2/c1-16(2)14-20-11-8-18-6-4-5-7-19(18)15-21-12-9-17(3)10-13-21/h4-7,16-17,20H,8-15H2,1-3H3. The molecule has 1 aliphatic rings. The van der Waals surface area contributed by atoms with Crippen molar-refractivity contribution in [1.29, 1.82) is 0 Å². The van der Waals surface area contributed by atoms with Crippen LogP contribution in [-0.4, -0.2) is 31.1 Å². The Morgan fingerprint density at radius 1 is 1.14 bits per heavy atom. The average Bonchev–Trinajstić information content (AvgIpc) is 2.47. The predicted molar refractivity (Wildman–Crippen MR) is 91.5 cm³/mol. The lowest BCUT2D eigenvalue weighted by atomic mass is 9.97. The first-order valence-corrected chi connectivity index (χ1v) is 8.65. The first kappa shape index (κ1) is 16.5.